The second-order valence-corrected chi connectivity index (χ2v) is 8.47. The third-order valence-electron chi connectivity index (χ3n) is 5.16. The van der Waals surface area contributed by atoms with Gasteiger partial charge in [-0.1, -0.05) is 5.16 Å². The van der Waals surface area contributed by atoms with E-state index in [1.807, 2.05) is 0 Å². The predicted octanol–water partition coefficient (Wildman–Crippen LogP) is 2.23. The summed E-state index contributed by atoms with van der Waals surface area (Å²) in [5, 5.41) is 6.09. The second-order valence-electron chi connectivity index (χ2n) is 7.61. The Labute approximate surface area is 198 Å². The van der Waals surface area contributed by atoms with E-state index in [9.17, 15) is 27.6 Å². The van der Waals surface area contributed by atoms with Gasteiger partial charge in [0.05, 0.1) is 19.4 Å². The van der Waals surface area contributed by atoms with Gasteiger partial charge < -0.3 is 19.6 Å². The number of fused-ring (bicyclic) bond motifs is 1. The van der Waals surface area contributed by atoms with Gasteiger partial charge in [-0.15, -0.1) is 0 Å². The fourth-order valence-corrected chi connectivity index (χ4v) is 4.06. The molecule has 180 valence electrons. The van der Waals surface area contributed by atoms with Crippen molar-refractivity contribution in [2.24, 2.45) is 4.99 Å². The maximum absolute atomic E-state index is 13.1. The van der Waals surface area contributed by atoms with Gasteiger partial charge in [0.25, 0.3) is 5.91 Å². The molecule has 34 heavy (non-hydrogen) atoms. The van der Waals surface area contributed by atoms with Crippen LogP contribution in [0.3, 0.4) is 0 Å². The van der Waals surface area contributed by atoms with Crippen LogP contribution < -0.4 is 5.32 Å². The molecule has 15 heteroatoms. The summed E-state index contributed by atoms with van der Waals surface area (Å²) < 4.78 is 43.9. The van der Waals surface area contributed by atoms with Gasteiger partial charge in [-0.05, 0) is 35.0 Å². The Morgan fingerprint density at radius 3 is 2.68 bits per heavy atom. The lowest BCUT2D eigenvalue weighted by Gasteiger charge is -2.40. The third-order valence-corrected chi connectivity index (χ3v) is 5.80. The van der Waals surface area contributed by atoms with Gasteiger partial charge in [-0.3, -0.25) is 14.5 Å². The van der Waals surface area contributed by atoms with Crippen molar-refractivity contribution in [3.8, 4) is 0 Å². The molecule has 1 saturated heterocycles. The van der Waals surface area contributed by atoms with Crippen LogP contribution in [-0.4, -0.2) is 74.8 Å². The molecule has 0 saturated carbocycles. The van der Waals surface area contributed by atoms with Crippen LogP contribution in [0.1, 0.15) is 17.1 Å². The Morgan fingerprint density at radius 2 is 2.03 bits per heavy atom. The number of pyridine rings is 1. The van der Waals surface area contributed by atoms with Crippen LogP contribution in [0.5, 0.6) is 0 Å². The van der Waals surface area contributed by atoms with Crippen molar-refractivity contribution >= 4 is 45.9 Å². The number of alkyl halides is 3. The standard InChI is InChI=1S/C19H17BrF3N7O4/c1-9-5-10(27-34-9)6-30-17(32)14-16(28(2)18(30)33)24-8-29(14)7-13(31)25-12-4-3-11(20)15(26-12)19(21,22)23/h3-5,8,14,16H,6-7H2,1-2H3,(H,25,26,31). The molecule has 4 amide bonds. The molecular formula is C19H17BrF3N7O4. The van der Waals surface area contributed by atoms with Crippen LogP contribution in [0.25, 0.3) is 0 Å². The molecule has 2 atom stereocenters. The molecule has 1 N–H and O–H groups in total. The first-order valence-corrected chi connectivity index (χ1v) is 10.6. The highest BCUT2D eigenvalue weighted by Crippen LogP contribution is 2.34. The van der Waals surface area contributed by atoms with E-state index in [-0.39, 0.29) is 16.8 Å². The molecule has 0 aliphatic carbocycles. The van der Waals surface area contributed by atoms with Gasteiger partial charge in [-0.2, -0.15) is 13.2 Å². The van der Waals surface area contributed by atoms with Gasteiger partial charge in [0.15, 0.2) is 17.9 Å². The lowest BCUT2D eigenvalue weighted by Crippen LogP contribution is -2.64. The quantitative estimate of drug-likeness (QED) is 0.613. The number of nitrogens with zero attached hydrogens (tertiary/aromatic N) is 6. The number of hydrogen-bond donors (Lipinski definition) is 1. The number of rotatable bonds is 5. The Balaban J connectivity index is 1.48. The number of aliphatic imine (C=N–C) groups is 1. The zero-order chi connectivity index (χ0) is 24.8. The molecular weight excluding hydrogens is 527 g/mol. The molecule has 1 fully saturated rings. The third kappa shape index (κ3) is 4.47. The highest BCUT2D eigenvalue weighted by atomic mass is 79.9. The van der Waals surface area contributed by atoms with Crippen molar-refractivity contribution < 1.29 is 32.1 Å². The first kappa shape index (κ1) is 23.7. The van der Waals surface area contributed by atoms with Crippen LogP contribution in [0.4, 0.5) is 23.8 Å². The van der Waals surface area contributed by atoms with E-state index in [1.165, 1.54) is 29.3 Å². The number of carbonyl (C=O) groups is 3. The van der Waals surface area contributed by atoms with Crippen molar-refractivity contribution in [2.75, 3.05) is 18.9 Å². The molecule has 11 nitrogen and oxygen atoms in total. The summed E-state index contributed by atoms with van der Waals surface area (Å²) >= 11 is 2.78. The van der Waals surface area contributed by atoms with Crippen LogP contribution >= 0.6 is 15.9 Å². The number of likely N-dealkylation sites (N-methyl/N-ethyl adjacent to an activating group) is 1. The summed E-state index contributed by atoms with van der Waals surface area (Å²) in [5.74, 6) is -1.12. The number of aryl methyl sites for hydroxylation is 1. The van der Waals surface area contributed by atoms with E-state index >= 15 is 0 Å². The molecule has 4 heterocycles. The van der Waals surface area contributed by atoms with E-state index in [0.717, 1.165) is 11.0 Å². The number of anilines is 1. The number of carbonyl (C=O) groups excluding carboxylic acids is 3. The molecule has 0 spiro atoms. The highest BCUT2D eigenvalue weighted by molar-refractivity contribution is 9.10. The van der Waals surface area contributed by atoms with Gasteiger partial charge >= 0.3 is 12.2 Å². The maximum Gasteiger partial charge on any atom is 0.434 e. The molecule has 2 aliphatic heterocycles. The van der Waals surface area contributed by atoms with E-state index in [1.54, 1.807) is 13.0 Å². The second kappa shape index (κ2) is 8.70. The largest absolute Gasteiger partial charge is 0.434 e. The van der Waals surface area contributed by atoms with Crippen molar-refractivity contribution in [3.05, 3.63) is 39.8 Å². The summed E-state index contributed by atoms with van der Waals surface area (Å²) in [6.07, 6.45) is -4.31. The molecule has 4 rings (SSSR count). The van der Waals surface area contributed by atoms with Gasteiger partial charge in [0, 0.05) is 17.6 Å². The fraction of sp³-hybridized carbons (Fsp3) is 0.368. The van der Waals surface area contributed by atoms with E-state index in [4.69, 9.17) is 4.52 Å². The van der Waals surface area contributed by atoms with Crippen molar-refractivity contribution in [2.45, 2.75) is 31.9 Å². The number of aromatic nitrogens is 2. The Hall–Kier alpha value is -3.49. The monoisotopic (exact) mass is 543 g/mol. The molecule has 0 radical (unpaired) electrons. The predicted molar refractivity (Wildman–Crippen MR) is 113 cm³/mol. The fourth-order valence-electron chi connectivity index (χ4n) is 3.62. The summed E-state index contributed by atoms with van der Waals surface area (Å²) in [6, 6.07) is 2.33. The minimum Gasteiger partial charge on any atom is -0.361 e. The van der Waals surface area contributed by atoms with Crippen LogP contribution in [0, 0.1) is 6.92 Å². The molecule has 2 unspecified atom stereocenters. The first-order chi connectivity index (χ1) is 16.0. The number of imide groups is 1. The minimum absolute atomic E-state index is 0.133. The number of urea groups is 1. The molecule has 2 aromatic rings. The number of hydrogen-bond acceptors (Lipinski definition) is 8. The average Bonchev–Trinajstić information content (AvgIpc) is 3.36. The van der Waals surface area contributed by atoms with Gasteiger partial charge in [0.1, 0.15) is 17.3 Å². The van der Waals surface area contributed by atoms with Crippen molar-refractivity contribution in [1.29, 1.82) is 0 Å². The summed E-state index contributed by atoms with van der Waals surface area (Å²) in [7, 11) is 1.47. The molecule has 0 bridgehead atoms. The van der Waals surface area contributed by atoms with E-state index in [2.05, 4.69) is 36.4 Å². The van der Waals surface area contributed by atoms with Crippen molar-refractivity contribution in [1.82, 2.24) is 24.8 Å². The molecule has 2 aliphatic rings. The normalized spacial score (nSPS) is 20.2. The number of amides is 4. The van der Waals surface area contributed by atoms with Crippen LogP contribution in [0.15, 0.2) is 32.2 Å². The summed E-state index contributed by atoms with van der Waals surface area (Å²) in [4.78, 5) is 49.5. The first-order valence-electron chi connectivity index (χ1n) is 9.78. The summed E-state index contributed by atoms with van der Waals surface area (Å²) in [6.45, 7) is 1.13. The van der Waals surface area contributed by atoms with Gasteiger partial charge in [-0.25, -0.2) is 14.8 Å². The molecule has 2 aromatic heterocycles. The molecule has 0 aromatic carbocycles. The van der Waals surface area contributed by atoms with Crippen LogP contribution in [-0.2, 0) is 22.3 Å². The lowest BCUT2D eigenvalue weighted by atomic mass is 10.1. The summed E-state index contributed by atoms with van der Waals surface area (Å²) in [5.41, 5.74) is -0.814. The number of nitrogens with one attached hydrogen (secondary N) is 1. The van der Waals surface area contributed by atoms with Crippen molar-refractivity contribution in [3.63, 3.8) is 0 Å². The zero-order valence-electron chi connectivity index (χ0n) is 17.7. The lowest BCUT2D eigenvalue weighted by molar-refractivity contribution is -0.142. The van der Waals surface area contributed by atoms with Gasteiger partial charge in [0.2, 0.25) is 5.91 Å². The van der Waals surface area contributed by atoms with E-state index < -0.39 is 48.5 Å². The smallest absolute Gasteiger partial charge is 0.361 e. The Kier molecular flexibility index (Phi) is 6.05. The topological polar surface area (TPSA) is 124 Å². The number of halogens is 4. The highest BCUT2D eigenvalue weighted by Gasteiger charge is 2.50. The Morgan fingerprint density at radius 1 is 1.29 bits per heavy atom. The minimum atomic E-state index is -4.72. The zero-order valence-corrected chi connectivity index (χ0v) is 19.3. The maximum atomic E-state index is 13.1. The average molecular weight is 544 g/mol. The van der Waals surface area contributed by atoms with E-state index in [0.29, 0.717) is 11.5 Å². The van der Waals surface area contributed by atoms with Crippen LogP contribution in [0.2, 0.25) is 0 Å². The SMILES string of the molecule is Cc1cc(CN2C(=O)C3C(N=CN3CC(=O)Nc3ccc(Br)c(C(F)(F)F)n3)N(C)C2=O)no1. The Bertz CT molecular complexity index is 1180.